The third-order valence-electron chi connectivity index (χ3n) is 4.92. The van der Waals surface area contributed by atoms with Gasteiger partial charge in [-0.25, -0.2) is 13.4 Å². The minimum atomic E-state index is -3.48. The normalized spacial score (nSPS) is 15.3. The zero-order valence-electron chi connectivity index (χ0n) is 17.3. The molecule has 1 aromatic heterocycles. The molecule has 31 heavy (non-hydrogen) atoms. The van der Waals surface area contributed by atoms with Crippen LogP contribution in [-0.4, -0.2) is 48.9 Å². The second kappa shape index (κ2) is 9.28. The summed E-state index contributed by atoms with van der Waals surface area (Å²) in [4.78, 5) is 10.9. The van der Waals surface area contributed by atoms with E-state index < -0.39 is 10.0 Å². The van der Waals surface area contributed by atoms with E-state index in [9.17, 15) is 8.42 Å². The number of para-hydroxylation sites is 1. The summed E-state index contributed by atoms with van der Waals surface area (Å²) in [5.74, 6) is 2.50. The summed E-state index contributed by atoms with van der Waals surface area (Å²) >= 11 is 0. The summed E-state index contributed by atoms with van der Waals surface area (Å²) in [7, 11) is -3.48. The first-order chi connectivity index (χ1) is 15.0. The smallest absolute Gasteiger partial charge is 0.236 e. The fourth-order valence-corrected chi connectivity index (χ4v) is 4.51. The number of aromatic nitrogens is 2. The minimum Gasteiger partial charge on any atom is -0.439 e. The van der Waals surface area contributed by atoms with Crippen LogP contribution < -0.4 is 9.64 Å². The molecule has 0 spiro atoms. The third kappa shape index (κ3) is 5.48. The second-order valence-corrected chi connectivity index (χ2v) is 8.99. The number of nitrogens with zero attached hydrogens (tertiary/aromatic N) is 4. The molecule has 1 fully saturated rings. The number of piperazine rings is 1. The number of aryl methyl sites for hydroxylation is 1. The molecule has 0 unspecified atom stereocenters. The predicted molar refractivity (Wildman–Crippen MR) is 121 cm³/mol. The van der Waals surface area contributed by atoms with Gasteiger partial charge in [-0.15, -0.1) is 0 Å². The van der Waals surface area contributed by atoms with Gasteiger partial charge in [0.2, 0.25) is 15.9 Å². The number of sulfonamides is 1. The molecule has 160 valence electrons. The van der Waals surface area contributed by atoms with Crippen molar-refractivity contribution >= 4 is 21.9 Å². The third-order valence-corrected chi connectivity index (χ3v) is 6.49. The van der Waals surface area contributed by atoms with E-state index in [2.05, 4.69) is 14.9 Å². The lowest BCUT2D eigenvalue weighted by atomic mass is 10.2. The molecule has 1 aliphatic rings. The number of anilines is 1. The molecule has 0 saturated carbocycles. The fourth-order valence-electron chi connectivity index (χ4n) is 3.34. The van der Waals surface area contributed by atoms with Gasteiger partial charge in [0.05, 0.1) is 0 Å². The van der Waals surface area contributed by atoms with E-state index in [-0.39, 0.29) is 0 Å². The van der Waals surface area contributed by atoms with Crippen molar-refractivity contribution in [3.05, 3.63) is 83.5 Å². The number of rotatable bonds is 6. The lowest BCUT2D eigenvalue weighted by molar-refractivity contribution is 0.388. The monoisotopic (exact) mass is 436 g/mol. The van der Waals surface area contributed by atoms with E-state index in [1.54, 1.807) is 12.1 Å². The highest BCUT2D eigenvalue weighted by Gasteiger charge is 2.26. The fraction of sp³-hybridized carbons (Fsp3) is 0.217. The Labute approximate surface area is 182 Å². The number of hydrogen-bond acceptors (Lipinski definition) is 6. The maximum Gasteiger partial charge on any atom is 0.236 e. The highest BCUT2D eigenvalue weighted by Crippen LogP contribution is 2.24. The molecule has 7 nitrogen and oxygen atoms in total. The van der Waals surface area contributed by atoms with Gasteiger partial charge >= 0.3 is 0 Å². The molecule has 2 heterocycles. The zero-order valence-corrected chi connectivity index (χ0v) is 18.1. The quantitative estimate of drug-likeness (QED) is 0.587. The van der Waals surface area contributed by atoms with Crippen molar-refractivity contribution in [2.75, 3.05) is 31.1 Å². The standard InChI is InChI=1S/C23H24N4O3S/c1-19-24-22(18-23(25-19)30-21-10-6-3-7-11-21)26-13-15-27(16-14-26)31(28,29)17-12-20-8-4-2-5-9-20/h2-12,17-18H,13-16H2,1H3/b17-12+. The molecule has 0 atom stereocenters. The maximum atomic E-state index is 12.7. The molecule has 0 aliphatic carbocycles. The first-order valence-corrected chi connectivity index (χ1v) is 11.6. The van der Waals surface area contributed by atoms with Gasteiger partial charge in [0.1, 0.15) is 17.4 Å². The molecule has 1 saturated heterocycles. The van der Waals surface area contributed by atoms with Gasteiger partial charge < -0.3 is 9.64 Å². The van der Waals surface area contributed by atoms with E-state index in [1.807, 2.05) is 67.6 Å². The van der Waals surface area contributed by atoms with Crippen LogP contribution >= 0.6 is 0 Å². The van der Waals surface area contributed by atoms with Crippen molar-refractivity contribution in [3.63, 3.8) is 0 Å². The molecule has 0 radical (unpaired) electrons. The Bertz CT molecular complexity index is 1140. The van der Waals surface area contributed by atoms with Crippen LogP contribution in [0.15, 0.2) is 72.1 Å². The van der Waals surface area contributed by atoms with E-state index in [4.69, 9.17) is 4.74 Å². The van der Waals surface area contributed by atoms with E-state index in [0.717, 1.165) is 11.4 Å². The molecule has 0 amide bonds. The van der Waals surface area contributed by atoms with Gasteiger partial charge in [0, 0.05) is 37.7 Å². The minimum absolute atomic E-state index is 0.388. The number of benzene rings is 2. The lowest BCUT2D eigenvalue weighted by Crippen LogP contribution is -2.48. The van der Waals surface area contributed by atoms with Gasteiger partial charge in [-0.3, -0.25) is 0 Å². The molecule has 0 N–H and O–H groups in total. The molecule has 3 aromatic rings. The molecular weight excluding hydrogens is 412 g/mol. The number of hydrogen-bond donors (Lipinski definition) is 0. The lowest BCUT2D eigenvalue weighted by Gasteiger charge is -2.34. The van der Waals surface area contributed by atoms with Gasteiger partial charge in [0.25, 0.3) is 0 Å². The molecular formula is C23H24N4O3S. The summed E-state index contributed by atoms with van der Waals surface area (Å²) in [6.45, 7) is 3.68. The summed E-state index contributed by atoms with van der Waals surface area (Å²) in [6, 6.07) is 20.6. The average molecular weight is 437 g/mol. The molecule has 1 aliphatic heterocycles. The molecule has 8 heteroatoms. The van der Waals surface area contributed by atoms with Crippen molar-refractivity contribution in [1.82, 2.24) is 14.3 Å². The Morgan fingerprint density at radius 2 is 1.55 bits per heavy atom. The van der Waals surface area contributed by atoms with Crippen LogP contribution in [0.1, 0.15) is 11.4 Å². The molecule has 4 rings (SSSR count). The first kappa shape index (κ1) is 21.0. The maximum absolute atomic E-state index is 12.7. The van der Waals surface area contributed by atoms with Crippen molar-refractivity contribution in [2.24, 2.45) is 0 Å². The largest absolute Gasteiger partial charge is 0.439 e. The van der Waals surface area contributed by atoms with Crippen LogP contribution in [0.3, 0.4) is 0 Å². The van der Waals surface area contributed by atoms with Crippen LogP contribution in [0.5, 0.6) is 11.6 Å². The predicted octanol–water partition coefficient (Wildman–Crippen LogP) is 3.70. The topological polar surface area (TPSA) is 75.6 Å². The second-order valence-electron chi connectivity index (χ2n) is 7.17. The summed E-state index contributed by atoms with van der Waals surface area (Å²) in [6.07, 6.45) is 1.63. The summed E-state index contributed by atoms with van der Waals surface area (Å²) in [5, 5.41) is 1.28. The van der Waals surface area contributed by atoms with E-state index >= 15 is 0 Å². The Balaban J connectivity index is 1.42. The van der Waals surface area contributed by atoms with Crippen molar-refractivity contribution in [2.45, 2.75) is 6.92 Å². The van der Waals surface area contributed by atoms with Crippen molar-refractivity contribution in [3.8, 4) is 11.6 Å². The van der Waals surface area contributed by atoms with Crippen LogP contribution in [0.2, 0.25) is 0 Å². The molecule has 2 aromatic carbocycles. The van der Waals surface area contributed by atoms with Gasteiger partial charge in [0.15, 0.2) is 0 Å². The van der Waals surface area contributed by atoms with Crippen LogP contribution in [0, 0.1) is 6.92 Å². The van der Waals surface area contributed by atoms with Gasteiger partial charge in [-0.1, -0.05) is 48.5 Å². The van der Waals surface area contributed by atoms with Crippen LogP contribution in [0.25, 0.3) is 6.08 Å². The van der Waals surface area contributed by atoms with Crippen molar-refractivity contribution in [1.29, 1.82) is 0 Å². The van der Waals surface area contributed by atoms with Gasteiger partial charge in [-0.2, -0.15) is 9.29 Å². The number of ether oxygens (including phenoxy) is 1. The van der Waals surface area contributed by atoms with E-state index in [1.165, 1.54) is 9.71 Å². The highest BCUT2D eigenvalue weighted by molar-refractivity contribution is 7.92. The Morgan fingerprint density at radius 3 is 2.23 bits per heavy atom. The summed E-state index contributed by atoms with van der Waals surface area (Å²) in [5.41, 5.74) is 0.854. The Kier molecular flexibility index (Phi) is 6.29. The Hall–Kier alpha value is -3.23. The Morgan fingerprint density at radius 1 is 0.903 bits per heavy atom. The highest BCUT2D eigenvalue weighted by atomic mass is 32.2. The van der Waals surface area contributed by atoms with Gasteiger partial charge in [-0.05, 0) is 30.7 Å². The SMILES string of the molecule is Cc1nc(Oc2ccccc2)cc(N2CCN(S(=O)(=O)/C=C/c3ccccc3)CC2)n1. The zero-order chi connectivity index (χ0) is 21.7. The van der Waals surface area contributed by atoms with Crippen LogP contribution in [0.4, 0.5) is 5.82 Å². The van der Waals surface area contributed by atoms with Crippen molar-refractivity contribution < 1.29 is 13.2 Å². The first-order valence-electron chi connectivity index (χ1n) is 10.1. The summed E-state index contributed by atoms with van der Waals surface area (Å²) < 4.78 is 32.7. The molecule has 0 bridgehead atoms. The van der Waals surface area contributed by atoms with E-state index in [0.29, 0.717) is 43.6 Å². The average Bonchev–Trinajstić information content (AvgIpc) is 2.79. The van der Waals surface area contributed by atoms with Crippen LogP contribution in [-0.2, 0) is 10.0 Å².